The molecule has 0 aliphatic rings. The summed E-state index contributed by atoms with van der Waals surface area (Å²) in [6.07, 6.45) is 5.31. The Hall–Kier alpha value is -3.54. The molecule has 26 heavy (non-hydrogen) atoms. The Morgan fingerprint density at radius 2 is 1.92 bits per heavy atom. The summed E-state index contributed by atoms with van der Waals surface area (Å²) < 4.78 is 0. The molecule has 128 valence electrons. The molecule has 0 aromatic carbocycles. The molecule has 0 aliphatic heterocycles. The zero-order chi connectivity index (χ0) is 18.1. The smallest absolute Gasteiger partial charge is 0.222 e. The van der Waals surface area contributed by atoms with Crippen LogP contribution in [0.4, 0.5) is 5.82 Å². The number of rotatable bonds is 3. The molecule has 0 unspecified atom stereocenters. The Labute approximate surface area is 150 Å². The number of fused-ring (bicyclic) bond motifs is 1. The van der Waals surface area contributed by atoms with Crippen LogP contribution in [0.1, 0.15) is 12.6 Å². The van der Waals surface area contributed by atoms with E-state index in [-0.39, 0.29) is 5.91 Å². The van der Waals surface area contributed by atoms with Gasteiger partial charge in [0, 0.05) is 47.9 Å². The fraction of sp³-hybridized carbons (Fsp3) is 0.100. The van der Waals surface area contributed by atoms with Crippen LogP contribution in [0.5, 0.6) is 0 Å². The number of anilines is 1. The number of pyridine rings is 3. The Morgan fingerprint density at radius 1 is 1.04 bits per heavy atom. The number of aryl methyl sites for hydroxylation is 1. The van der Waals surface area contributed by atoms with Gasteiger partial charge in [-0.05, 0) is 37.3 Å². The standard InChI is InChI=1S/C20H17N5O/c1-12-5-6-15(11-23-12)18-19(25-16-4-3-8-22-20(16)18)14-7-9-21-17(10-14)24-13(2)26/h3-11,25H,1-2H3,(H,21,24,26). The molecule has 6 nitrogen and oxygen atoms in total. The fourth-order valence-electron chi connectivity index (χ4n) is 2.97. The first kappa shape index (κ1) is 16.0. The van der Waals surface area contributed by atoms with Crippen molar-refractivity contribution < 1.29 is 4.79 Å². The highest BCUT2D eigenvalue weighted by molar-refractivity contribution is 6.01. The topological polar surface area (TPSA) is 83.6 Å². The summed E-state index contributed by atoms with van der Waals surface area (Å²) in [5, 5.41) is 2.72. The maximum atomic E-state index is 11.3. The van der Waals surface area contributed by atoms with Gasteiger partial charge >= 0.3 is 0 Å². The van der Waals surface area contributed by atoms with Crippen molar-refractivity contribution in [2.45, 2.75) is 13.8 Å². The molecular weight excluding hydrogens is 326 g/mol. The van der Waals surface area contributed by atoms with Gasteiger partial charge in [0.2, 0.25) is 5.91 Å². The number of carbonyl (C=O) groups excluding carboxylic acids is 1. The highest BCUT2D eigenvalue weighted by Crippen LogP contribution is 2.37. The summed E-state index contributed by atoms with van der Waals surface area (Å²) in [5.41, 5.74) is 6.57. The minimum Gasteiger partial charge on any atom is -0.353 e. The number of H-pyrrole nitrogens is 1. The molecule has 0 atom stereocenters. The second-order valence-corrected chi connectivity index (χ2v) is 6.07. The Bertz CT molecular complexity index is 1100. The predicted octanol–water partition coefficient (Wildman–Crippen LogP) is 3.95. The third-order valence-electron chi connectivity index (χ3n) is 4.11. The number of aromatic nitrogens is 4. The molecule has 0 spiro atoms. The van der Waals surface area contributed by atoms with E-state index in [9.17, 15) is 4.79 Å². The quantitative estimate of drug-likeness (QED) is 0.590. The van der Waals surface area contributed by atoms with Crippen molar-refractivity contribution in [1.29, 1.82) is 0 Å². The maximum Gasteiger partial charge on any atom is 0.222 e. The molecule has 0 fully saturated rings. The lowest BCUT2D eigenvalue weighted by molar-refractivity contribution is -0.114. The summed E-state index contributed by atoms with van der Waals surface area (Å²) in [6, 6.07) is 11.7. The first-order valence-corrected chi connectivity index (χ1v) is 8.25. The van der Waals surface area contributed by atoms with Gasteiger partial charge in [-0.25, -0.2) is 4.98 Å². The summed E-state index contributed by atoms with van der Waals surface area (Å²) in [6.45, 7) is 3.42. The van der Waals surface area contributed by atoms with E-state index in [0.29, 0.717) is 5.82 Å². The molecule has 4 aromatic heterocycles. The molecule has 0 radical (unpaired) electrons. The highest BCUT2D eigenvalue weighted by atomic mass is 16.1. The lowest BCUT2D eigenvalue weighted by atomic mass is 10.0. The number of aromatic amines is 1. The number of carbonyl (C=O) groups is 1. The van der Waals surface area contributed by atoms with Crippen molar-refractivity contribution in [3.63, 3.8) is 0 Å². The SMILES string of the molecule is CC(=O)Nc1cc(-c2[nH]c3cccnc3c2-c2ccc(C)nc2)ccn1. The van der Waals surface area contributed by atoms with Crippen LogP contribution >= 0.6 is 0 Å². The van der Waals surface area contributed by atoms with E-state index in [4.69, 9.17) is 0 Å². The monoisotopic (exact) mass is 343 g/mol. The maximum absolute atomic E-state index is 11.3. The number of hydrogen-bond acceptors (Lipinski definition) is 4. The van der Waals surface area contributed by atoms with Gasteiger partial charge in [0.1, 0.15) is 5.82 Å². The van der Waals surface area contributed by atoms with Crippen molar-refractivity contribution in [2.75, 3.05) is 5.32 Å². The number of amides is 1. The van der Waals surface area contributed by atoms with Gasteiger partial charge in [0.05, 0.1) is 16.7 Å². The van der Waals surface area contributed by atoms with Gasteiger partial charge in [0.15, 0.2) is 0 Å². The summed E-state index contributed by atoms with van der Waals surface area (Å²) in [5.74, 6) is 0.352. The van der Waals surface area contributed by atoms with Crippen molar-refractivity contribution >= 4 is 22.8 Å². The second kappa shape index (κ2) is 6.40. The molecule has 4 heterocycles. The first-order chi connectivity index (χ1) is 12.6. The zero-order valence-electron chi connectivity index (χ0n) is 14.4. The van der Waals surface area contributed by atoms with Gasteiger partial charge in [-0.15, -0.1) is 0 Å². The molecule has 4 rings (SSSR count). The second-order valence-electron chi connectivity index (χ2n) is 6.07. The lowest BCUT2D eigenvalue weighted by Crippen LogP contribution is -2.07. The molecule has 2 N–H and O–H groups in total. The van der Waals surface area contributed by atoms with E-state index < -0.39 is 0 Å². The van der Waals surface area contributed by atoms with Crippen molar-refractivity contribution in [3.05, 3.63) is 60.7 Å². The van der Waals surface area contributed by atoms with Crippen LogP contribution in [0.25, 0.3) is 33.4 Å². The lowest BCUT2D eigenvalue weighted by Gasteiger charge is -2.07. The molecule has 0 saturated carbocycles. The predicted molar refractivity (Wildman–Crippen MR) is 102 cm³/mol. The number of nitrogens with one attached hydrogen (secondary N) is 2. The third kappa shape index (κ3) is 2.93. The average Bonchev–Trinajstić information content (AvgIpc) is 3.02. The molecule has 4 aromatic rings. The molecule has 0 bridgehead atoms. The fourth-order valence-corrected chi connectivity index (χ4v) is 2.97. The van der Waals surface area contributed by atoms with Crippen molar-refractivity contribution in [3.8, 4) is 22.4 Å². The highest BCUT2D eigenvalue weighted by Gasteiger charge is 2.17. The largest absolute Gasteiger partial charge is 0.353 e. The Kier molecular flexibility index (Phi) is 3.93. The summed E-state index contributed by atoms with van der Waals surface area (Å²) >= 11 is 0. The third-order valence-corrected chi connectivity index (χ3v) is 4.11. The summed E-state index contributed by atoms with van der Waals surface area (Å²) in [4.78, 5) is 28.0. The number of nitrogens with zero attached hydrogens (tertiary/aromatic N) is 3. The van der Waals surface area contributed by atoms with Crippen LogP contribution in [-0.2, 0) is 4.79 Å². The van der Waals surface area contributed by atoms with E-state index in [2.05, 4.69) is 25.3 Å². The normalized spacial score (nSPS) is 10.8. The van der Waals surface area contributed by atoms with E-state index in [1.807, 2.05) is 49.5 Å². The zero-order valence-corrected chi connectivity index (χ0v) is 14.4. The molecule has 1 amide bonds. The van der Waals surface area contributed by atoms with Crippen LogP contribution < -0.4 is 5.32 Å². The van der Waals surface area contributed by atoms with Gasteiger partial charge in [0.25, 0.3) is 0 Å². The van der Waals surface area contributed by atoms with Crippen LogP contribution in [0, 0.1) is 6.92 Å². The first-order valence-electron chi connectivity index (χ1n) is 8.25. The average molecular weight is 343 g/mol. The van der Waals surface area contributed by atoms with E-state index in [1.54, 1.807) is 12.4 Å². The van der Waals surface area contributed by atoms with Gasteiger partial charge < -0.3 is 10.3 Å². The van der Waals surface area contributed by atoms with Crippen LogP contribution in [-0.4, -0.2) is 25.8 Å². The van der Waals surface area contributed by atoms with Gasteiger partial charge in [-0.1, -0.05) is 6.07 Å². The van der Waals surface area contributed by atoms with Crippen LogP contribution in [0.2, 0.25) is 0 Å². The van der Waals surface area contributed by atoms with Crippen molar-refractivity contribution in [1.82, 2.24) is 19.9 Å². The molecule has 0 aliphatic carbocycles. The molecular formula is C20H17N5O. The molecule has 0 saturated heterocycles. The van der Waals surface area contributed by atoms with E-state index >= 15 is 0 Å². The van der Waals surface area contributed by atoms with Gasteiger partial charge in [-0.2, -0.15) is 0 Å². The van der Waals surface area contributed by atoms with E-state index in [1.165, 1.54) is 6.92 Å². The minimum atomic E-state index is -0.157. The number of hydrogen-bond donors (Lipinski definition) is 2. The Morgan fingerprint density at radius 3 is 2.69 bits per heavy atom. The van der Waals surface area contributed by atoms with Crippen molar-refractivity contribution in [2.24, 2.45) is 0 Å². The minimum absolute atomic E-state index is 0.157. The van der Waals surface area contributed by atoms with Crippen LogP contribution in [0.3, 0.4) is 0 Å². The van der Waals surface area contributed by atoms with Crippen LogP contribution in [0.15, 0.2) is 55.0 Å². The summed E-state index contributed by atoms with van der Waals surface area (Å²) in [7, 11) is 0. The molecule has 6 heteroatoms. The van der Waals surface area contributed by atoms with E-state index in [0.717, 1.165) is 39.1 Å². The Balaban J connectivity index is 1.94. The van der Waals surface area contributed by atoms with Gasteiger partial charge in [-0.3, -0.25) is 14.8 Å².